The Labute approximate surface area is 109 Å². The molecule has 1 heterocycles. The molecular formula is C15H21N3. The molecule has 1 aromatic carbocycles. The topological polar surface area (TPSA) is 29.9 Å². The average molecular weight is 243 g/mol. The molecule has 1 atom stereocenters. The van der Waals surface area contributed by atoms with Crippen molar-refractivity contribution < 1.29 is 0 Å². The number of aryl methyl sites for hydroxylation is 3. The summed E-state index contributed by atoms with van der Waals surface area (Å²) in [5.41, 5.74) is 4.88. The summed E-state index contributed by atoms with van der Waals surface area (Å²) in [5, 5.41) is 7.88. The maximum atomic E-state index is 4.52. The molecule has 0 aliphatic rings. The zero-order chi connectivity index (χ0) is 13.1. The van der Waals surface area contributed by atoms with E-state index < -0.39 is 0 Å². The minimum absolute atomic E-state index is 0.295. The Morgan fingerprint density at radius 1 is 1.17 bits per heavy atom. The first-order valence-corrected chi connectivity index (χ1v) is 6.35. The van der Waals surface area contributed by atoms with E-state index in [0.717, 1.165) is 12.2 Å². The van der Waals surface area contributed by atoms with Crippen LogP contribution in [-0.4, -0.2) is 16.8 Å². The molecule has 3 heteroatoms. The summed E-state index contributed by atoms with van der Waals surface area (Å²) in [6, 6.07) is 11.1. The van der Waals surface area contributed by atoms with Gasteiger partial charge in [-0.1, -0.05) is 29.8 Å². The van der Waals surface area contributed by atoms with Crippen LogP contribution in [0.1, 0.15) is 28.6 Å². The van der Waals surface area contributed by atoms with Gasteiger partial charge >= 0.3 is 0 Å². The first-order valence-electron chi connectivity index (χ1n) is 6.35. The van der Waals surface area contributed by atoms with Gasteiger partial charge in [0.1, 0.15) is 0 Å². The van der Waals surface area contributed by atoms with Crippen molar-refractivity contribution in [3.05, 3.63) is 52.8 Å². The van der Waals surface area contributed by atoms with Gasteiger partial charge in [0.15, 0.2) is 0 Å². The highest BCUT2D eigenvalue weighted by atomic mass is 15.3. The summed E-state index contributed by atoms with van der Waals surface area (Å²) in [5.74, 6) is 0. The summed E-state index contributed by atoms with van der Waals surface area (Å²) < 4.78 is 2.07. The predicted molar refractivity (Wildman–Crippen MR) is 74.7 cm³/mol. The van der Waals surface area contributed by atoms with Crippen molar-refractivity contribution in [3.63, 3.8) is 0 Å². The van der Waals surface area contributed by atoms with Gasteiger partial charge in [-0.25, -0.2) is 0 Å². The highest BCUT2D eigenvalue weighted by Gasteiger charge is 2.11. The number of hydrogen-bond donors (Lipinski definition) is 1. The average Bonchev–Trinajstić information content (AvgIpc) is 2.66. The maximum Gasteiger partial charge on any atom is 0.0607 e. The van der Waals surface area contributed by atoms with Crippen LogP contribution in [0.15, 0.2) is 30.3 Å². The molecule has 18 heavy (non-hydrogen) atoms. The number of likely N-dealkylation sites (N-methyl/N-ethyl adjacent to an activating group) is 1. The quantitative estimate of drug-likeness (QED) is 0.895. The van der Waals surface area contributed by atoms with E-state index in [9.17, 15) is 0 Å². The number of rotatable bonds is 4. The molecule has 0 amide bonds. The SMILES string of the molecule is CNC(Cn1nc(C)cc1C)c1ccc(C)cc1. The number of benzene rings is 1. The van der Waals surface area contributed by atoms with Crippen LogP contribution < -0.4 is 5.32 Å². The highest BCUT2D eigenvalue weighted by molar-refractivity contribution is 5.24. The number of nitrogens with one attached hydrogen (secondary N) is 1. The molecule has 0 fully saturated rings. The Morgan fingerprint density at radius 3 is 2.33 bits per heavy atom. The molecule has 1 aromatic heterocycles. The monoisotopic (exact) mass is 243 g/mol. The summed E-state index contributed by atoms with van der Waals surface area (Å²) in [7, 11) is 2.00. The van der Waals surface area contributed by atoms with Crippen molar-refractivity contribution >= 4 is 0 Å². The lowest BCUT2D eigenvalue weighted by molar-refractivity contribution is 0.460. The van der Waals surface area contributed by atoms with Gasteiger partial charge in [0.05, 0.1) is 18.3 Å². The van der Waals surface area contributed by atoms with Crippen molar-refractivity contribution in [1.29, 1.82) is 0 Å². The molecule has 0 bridgehead atoms. The molecular weight excluding hydrogens is 222 g/mol. The molecule has 0 aliphatic heterocycles. The number of aromatic nitrogens is 2. The van der Waals surface area contributed by atoms with E-state index >= 15 is 0 Å². The fraction of sp³-hybridized carbons (Fsp3) is 0.400. The zero-order valence-electron chi connectivity index (χ0n) is 11.6. The fourth-order valence-corrected chi connectivity index (χ4v) is 2.19. The normalized spacial score (nSPS) is 12.7. The number of nitrogens with zero attached hydrogens (tertiary/aromatic N) is 2. The van der Waals surface area contributed by atoms with Crippen LogP contribution in [0.2, 0.25) is 0 Å². The smallest absolute Gasteiger partial charge is 0.0607 e. The van der Waals surface area contributed by atoms with Gasteiger partial charge in [-0.3, -0.25) is 4.68 Å². The molecule has 2 rings (SSSR count). The van der Waals surface area contributed by atoms with Crippen LogP contribution in [0, 0.1) is 20.8 Å². The lowest BCUT2D eigenvalue weighted by Gasteiger charge is -2.18. The van der Waals surface area contributed by atoms with Crippen LogP contribution in [-0.2, 0) is 6.54 Å². The summed E-state index contributed by atoms with van der Waals surface area (Å²) in [6.45, 7) is 7.10. The van der Waals surface area contributed by atoms with Gasteiger partial charge in [-0.15, -0.1) is 0 Å². The van der Waals surface area contributed by atoms with E-state index in [0.29, 0.717) is 6.04 Å². The van der Waals surface area contributed by atoms with Gasteiger partial charge in [0.2, 0.25) is 0 Å². The second kappa shape index (κ2) is 5.36. The van der Waals surface area contributed by atoms with Crippen molar-refractivity contribution in [2.24, 2.45) is 0 Å². The van der Waals surface area contributed by atoms with E-state index in [1.807, 2.05) is 14.0 Å². The Bertz CT molecular complexity index is 511. The van der Waals surface area contributed by atoms with Crippen LogP contribution >= 0.6 is 0 Å². The van der Waals surface area contributed by atoms with Crippen LogP contribution in [0.25, 0.3) is 0 Å². The predicted octanol–water partition coefficient (Wildman–Crippen LogP) is 2.77. The molecule has 1 N–H and O–H groups in total. The van der Waals surface area contributed by atoms with Gasteiger partial charge in [-0.2, -0.15) is 5.10 Å². The number of hydrogen-bond acceptors (Lipinski definition) is 2. The third kappa shape index (κ3) is 2.79. The second-order valence-corrected chi connectivity index (χ2v) is 4.86. The highest BCUT2D eigenvalue weighted by Crippen LogP contribution is 2.16. The van der Waals surface area contributed by atoms with Crippen LogP contribution in [0.4, 0.5) is 0 Å². The van der Waals surface area contributed by atoms with E-state index in [1.165, 1.54) is 16.8 Å². The van der Waals surface area contributed by atoms with E-state index in [-0.39, 0.29) is 0 Å². The van der Waals surface area contributed by atoms with Gasteiger partial charge < -0.3 is 5.32 Å². The molecule has 1 unspecified atom stereocenters. The zero-order valence-corrected chi connectivity index (χ0v) is 11.6. The first kappa shape index (κ1) is 12.8. The molecule has 0 spiro atoms. The van der Waals surface area contributed by atoms with E-state index in [2.05, 4.69) is 59.3 Å². The van der Waals surface area contributed by atoms with Gasteiger partial charge in [0.25, 0.3) is 0 Å². The molecule has 0 aliphatic carbocycles. The third-order valence-electron chi connectivity index (χ3n) is 3.29. The Kier molecular flexibility index (Phi) is 3.82. The lowest BCUT2D eigenvalue weighted by Crippen LogP contribution is -2.23. The van der Waals surface area contributed by atoms with Crippen molar-refractivity contribution in [3.8, 4) is 0 Å². The Morgan fingerprint density at radius 2 is 1.83 bits per heavy atom. The summed E-state index contributed by atoms with van der Waals surface area (Å²) >= 11 is 0. The molecule has 2 aromatic rings. The minimum atomic E-state index is 0.295. The van der Waals surface area contributed by atoms with Crippen LogP contribution in [0.3, 0.4) is 0 Å². The largest absolute Gasteiger partial charge is 0.311 e. The molecule has 0 radical (unpaired) electrons. The van der Waals surface area contributed by atoms with Crippen LogP contribution in [0.5, 0.6) is 0 Å². The lowest BCUT2D eigenvalue weighted by atomic mass is 10.1. The van der Waals surface area contributed by atoms with Crippen molar-refractivity contribution in [2.45, 2.75) is 33.4 Å². The minimum Gasteiger partial charge on any atom is -0.311 e. The Hall–Kier alpha value is -1.61. The Balaban J connectivity index is 2.19. The van der Waals surface area contributed by atoms with Crippen molar-refractivity contribution in [2.75, 3.05) is 7.05 Å². The molecule has 3 nitrogen and oxygen atoms in total. The fourth-order valence-electron chi connectivity index (χ4n) is 2.19. The standard InChI is InChI=1S/C15H21N3/c1-11-5-7-14(8-6-11)15(16-4)10-18-13(3)9-12(2)17-18/h5-9,15-16H,10H2,1-4H3. The molecule has 96 valence electrons. The second-order valence-electron chi connectivity index (χ2n) is 4.86. The summed E-state index contributed by atoms with van der Waals surface area (Å²) in [6.07, 6.45) is 0. The summed E-state index contributed by atoms with van der Waals surface area (Å²) in [4.78, 5) is 0. The molecule has 0 saturated heterocycles. The van der Waals surface area contributed by atoms with Gasteiger partial charge in [-0.05, 0) is 39.4 Å². The van der Waals surface area contributed by atoms with E-state index in [1.54, 1.807) is 0 Å². The first-order chi connectivity index (χ1) is 8.60. The van der Waals surface area contributed by atoms with E-state index in [4.69, 9.17) is 0 Å². The van der Waals surface area contributed by atoms with Gasteiger partial charge in [0, 0.05) is 5.69 Å². The van der Waals surface area contributed by atoms with Crippen molar-refractivity contribution in [1.82, 2.24) is 15.1 Å². The third-order valence-corrected chi connectivity index (χ3v) is 3.29. The molecule has 0 saturated carbocycles. The maximum absolute atomic E-state index is 4.52.